The molecule has 2 fully saturated rings. The van der Waals surface area contributed by atoms with Crippen LogP contribution in [-0.4, -0.2) is 30.6 Å². The lowest BCUT2D eigenvalue weighted by Gasteiger charge is -2.36. The summed E-state index contributed by atoms with van der Waals surface area (Å²) in [5, 5.41) is 5.49. The van der Waals surface area contributed by atoms with Gasteiger partial charge in [0.1, 0.15) is 5.82 Å². The molecule has 1 amide bonds. The van der Waals surface area contributed by atoms with Crippen LogP contribution in [0.2, 0.25) is 5.02 Å². The van der Waals surface area contributed by atoms with Crippen molar-refractivity contribution in [3.05, 3.63) is 29.0 Å². The Hall–Kier alpha value is -1.33. The van der Waals surface area contributed by atoms with Crippen LogP contribution in [-0.2, 0) is 4.79 Å². The van der Waals surface area contributed by atoms with E-state index in [0.29, 0.717) is 16.6 Å². The van der Waals surface area contributed by atoms with Crippen molar-refractivity contribution in [2.24, 2.45) is 11.8 Å². The topological polar surface area (TPSA) is 44.4 Å². The van der Waals surface area contributed by atoms with Crippen molar-refractivity contribution in [2.45, 2.75) is 32.1 Å². The molecule has 0 unspecified atom stereocenters. The summed E-state index contributed by atoms with van der Waals surface area (Å²) in [7, 11) is 0. The third-order valence-corrected chi connectivity index (χ3v) is 4.97. The largest absolute Gasteiger partial charge is 0.356 e. The van der Waals surface area contributed by atoms with Gasteiger partial charge in [0.2, 0.25) is 5.91 Å². The summed E-state index contributed by atoms with van der Waals surface area (Å²) in [6, 6.07) is 4.45. The number of nitrogens with one attached hydrogen (secondary N) is 2. The molecule has 1 aromatic carbocycles. The van der Waals surface area contributed by atoms with Gasteiger partial charge in [0.15, 0.2) is 0 Å². The Morgan fingerprint density at radius 2 is 2.09 bits per heavy atom. The zero-order chi connectivity index (χ0) is 16.2. The molecule has 2 atom stereocenters. The van der Waals surface area contributed by atoms with Crippen molar-refractivity contribution >= 4 is 23.2 Å². The number of halogens is 2. The number of anilines is 1. The van der Waals surface area contributed by atoms with Gasteiger partial charge in [0.25, 0.3) is 0 Å². The predicted octanol–water partition coefficient (Wildman–Crippen LogP) is 3.43. The van der Waals surface area contributed by atoms with E-state index in [9.17, 15) is 9.18 Å². The van der Waals surface area contributed by atoms with Crippen LogP contribution < -0.4 is 10.7 Å². The first-order chi connectivity index (χ1) is 11.1. The van der Waals surface area contributed by atoms with E-state index in [2.05, 4.69) is 15.8 Å². The van der Waals surface area contributed by atoms with Crippen LogP contribution >= 0.6 is 11.6 Å². The van der Waals surface area contributed by atoms with E-state index in [4.69, 9.17) is 11.6 Å². The molecule has 0 aliphatic carbocycles. The number of hydrogen-bond donors (Lipinski definition) is 2. The Kier molecular flexibility index (Phi) is 5.38. The zero-order valence-corrected chi connectivity index (χ0v) is 13.9. The Bertz CT molecular complexity index is 549. The monoisotopic (exact) mass is 339 g/mol. The average molecular weight is 340 g/mol. The molecular weight excluding hydrogens is 317 g/mol. The van der Waals surface area contributed by atoms with E-state index >= 15 is 0 Å². The number of hydrazine groups is 1. The number of benzene rings is 1. The molecule has 2 aliphatic heterocycles. The van der Waals surface area contributed by atoms with Gasteiger partial charge in [-0.15, -0.1) is 0 Å². The number of rotatable bonds is 3. The molecule has 2 saturated heterocycles. The normalized spacial score (nSPS) is 26.4. The Morgan fingerprint density at radius 1 is 1.22 bits per heavy atom. The minimum Gasteiger partial charge on any atom is -0.356 e. The number of hydrogen-bond acceptors (Lipinski definition) is 3. The van der Waals surface area contributed by atoms with Gasteiger partial charge in [-0.05, 0) is 49.8 Å². The molecule has 23 heavy (non-hydrogen) atoms. The van der Waals surface area contributed by atoms with Gasteiger partial charge >= 0.3 is 0 Å². The molecule has 3 rings (SSSR count). The Labute approximate surface area is 141 Å². The fourth-order valence-corrected chi connectivity index (χ4v) is 3.88. The molecule has 126 valence electrons. The summed E-state index contributed by atoms with van der Waals surface area (Å²) < 4.78 is 13.5. The first kappa shape index (κ1) is 16.5. The molecule has 2 aliphatic rings. The van der Waals surface area contributed by atoms with Crippen LogP contribution in [0.4, 0.5) is 10.1 Å². The molecule has 0 spiro atoms. The molecular formula is C17H23ClFN3O. The van der Waals surface area contributed by atoms with Crippen LogP contribution in [0.25, 0.3) is 0 Å². The van der Waals surface area contributed by atoms with Gasteiger partial charge in [0, 0.05) is 30.6 Å². The van der Waals surface area contributed by atoms with Crippen LogP contribution in [0.15, 0.2) is 18.2 Å². The molecule has 2 heterocycles. The van der Waals surface area contributed by atoms with Crippen molar-refractivity contribution in [3.63, 3.8) is 0 Å². The number of carbonyl (C=O) groups is 1. The van der Waals surface area contributed by atoms with Gasteiger partial charge in [-0.25, -0.2) is 9.40 Å². The zero-order valence-electron chi connectivity index (χ0n) is 13.2. The minimum absolute atomic E-state index is 0.0956. The van der Waals surface area contributed by atoms with Crippen molar-refractivity contribution in [1.29, 1.82) is 0 Å². The minimum atomic E-state index is -0.350. The number of amides is 1. The number of nitrogens with zero attached hydrogens (tertiary/aromatic N) is 1. The highest BCUT2D eigenvalue weighted by atomic mass is 35.5. The SMILES string of the molecule is O=C1NCCCC[C@@H]1[C@H]1CCCN(Nc2cc(F)cc(Cl)c2)C1. The maximum Gasteiger partial charge on any atom is 0.223 e. The quantitative estimate of drug-likeness (QED) is 0.886. The van der Waals surface area contributed by atoms with E-state index in [1.165, 1.54) is 12.1 Å². The van der Waals surface area contributed by atoms with E-state index in [0.717, 1.165) is 51.7 Å². The summed E-state index contributed by atoms with van der Waals surface area (Å²) >= 11 is 5.90. The molecule has 0 bridgehead atoms. The lowest BCUT2D eigenvalue weighted by molar-refractivity contribution is -0.127. The molecule has 1 aromatic rings. The lowest BCUT2D eigenvalue weighted by atomic mass is 9.82. The third-order valence-electron chi connectivity index (χ3n) is 4.75. The fourth-order valence-electron chi connectivity index (χ4n) is 3.65. The maximum atomic E-state index is 13.5. The summed E-state index contributed by atoms with van der Waals surface area (Å²) in [6.07, 6.45) is 5.24. The van der Waals surface area contributed by atoms with E-state index in [-0.39, 0.29) is 17.6 Å². The van der Waals surface area contributed by atoms with Crippen LogP contribution in [0.3, 0.4) is 0 Å². The van der Waals surface area contributed by atoms with E-state index in [1.807, 2.05) is 0 Å². The lowest BCUT2D eigenvalue weighted by Crippen LogP contribution is -2.45. The fraction of sp³-hybridized carbons (Fsp3) is 0.588. The van der Waals surface area contributed by atoms with E-state index < -0.39 is 0 Å². The van der Waals surface area contributed by atoms with Crippen molar-refractivity contribution in [2.75, 3.05) is 25.1 Å². The first-order valence-corrected chi connectivity index (χ1v) is 8.75. The molecule has 6 heteroatoms. The predicted molar refractivity (Wildman–Crippen MR) is 89.7 cm³/mol. The molecule has 4 nitrogen and oxygen atoms in total. The van der Waals surface area contributed by atoms with Crippen LogP contribution in [0, 0.1) is 17.7 Å². The van der Waals surface area contributed by atoms with Gasteiger partial charge in [-0.3, -0.25) is 4.79 Å². The summed E-state index contributed by atoms with van der Waals surface area (Å²) in [5.74, 6) is 0.288. The summed E-state index contributed by atoms with van der Waals surface area (Å²) in [6.45, 7) is 2.48. The second-order valence-electron chi connectivity index (χ2n) is 6.51. The van der Waals surface area contributed by atoms with E-state index in [1.54, 1.807) is 6.07 Å². The average Bonchev–Trinajstić information content (AvgIpc) is 2.71. The van der Waals surface area contributed by atoms with Crippen LogP contribution in [0.5, 0.6) is 0 Å². The van der Waals surface area contributed by atoms with Crippen molar-refractivity contribution in [3.8, 4) is 0 Å². The Morgan fingerprint density at radius 3 is 2.91 bits per heavy atom. The highest BCUT2D eigenvalue weighted by Crippen LogP contribution is 2.29. The molecule has 2 N–H and O–H groups in total. The highest BCUT2D eigenvalue weighted by Gasteiger charge is 2.32. The van der Waals surface area contributed by atoms with Gasteiger partial charge in [-0.2, -0.15) is 0 Å². The Balaban J connectivity index is 1.64. The number of piperidine rings is 1. The molecule has 0 radical (unpaired) electrons. The highest BCUT2D eigenvalue weighted by molar-refractivity contribution is 6.30. The van der Waals surface area contributed by atoms with Crippen molar-refractivity contribution < 1.29 is 9.18 Å². The summed E-state index contributed by atoms with van der Waals surface area (Å²) in [5.41, 5.74) is 3.89. The summed E-state index contributed by atoms with van der Waals surface area (Å²) in [4.78, 5) is 12.3. The second-order valence-corrected chi connectivity index (χ2v) is 6.95. The standard InChI is InChI=1S/C17H23ClFN3O/c18-13-8-14(19)10-15(9-13)21-22-7-3-4-12(11-22)16-5-1-2-6-20-17(16)23/h8-10,12,16,21H,1-7,11H2,(H,20,23)/t12-,16+/m0/s1. The molecule has 0 aromatic heterocycles. The first-order valence-electron chi connectivity index (χ1n) is 8.37. The van der Waals surface area contributed by atoms with Gasteiger partial charge in [0.05, 0.1) is 5.69 Å². The smallest absolute Gasteiger partial charge is 0.223 e. The molecule has 0 saturated carbocycles. The van der Waals surface area contributed by atoms with Gasteiger partial charge < -0.3 is 10.7 Å². The number of carbonyl (C=O) groups excluding carboxylic acids is 1. The second kappa shape index (κ2) is 7.49. The van der Waals surface area contributed by atoms with Crippen molar-refractivity contribution in [1.82, 2.24) is 10.3 Å². The third kappa shape index (κ3) is 4.36. The van der Waals surface area contributed by atoms with Crippen LogP contribution in [0.1, 0.15) is 32.1 Å². The van der Waals surface area contributed by atoms with Gasteiger partial charge in [-0.1, -0.05) is 18.0 Å². The maximum absolute atomic E-state index is 13.5.